The van der Waals surface area contributed by atoms with Crippen LogP contribution in [0.25, 0.3) is 0 Å². The van der Waals surface area contributed by atoms with Crippen LogP contribution in [0.1, 0.15) is 24.1 Å². The summed E-state index contributed by atoms with van der Waals surface area (Å²) in [6.45, 7) is 2.63. The van der Waals surface area contributed by atoms with Gasteiger partial charge in [0.2, 0.25) is 0 Å². The van der Waals surface area contributed by atoms with Gasteiger partial charge in [0.05, 0.1) is 12.1 Å². The minimum absolute atomic E-state index is 0.142. The summed E-state index contributed by atoms with van der Waals surface area (Å²) in [7, 11) is 1.65. The van der Waals surface area contributed by atoms with Gasteiger partial charge in [0.1, 0.15) is 11.6 Å². The van der Waals surface area contributed by atoms with E-state index in [0.717, 1.165) is 16.9 Å². The fourth-order valence-electron chi connectivity index (χ4n) is 1.95. The minimum atomic E-state index is -0.389. The maximum absolute atomic E-state index is 13.3. The van der Waals surface area contributed by atoms with Crippen LogP contribution in [-0.2, 0) is 6.54 Å². The van der Waals surface area contributed by atoms with Crippen molar-refractivity contribution in [3.63, 3.8) is 0 Å². The van der Waals surface area contributed by atoms with E-state index in [1.54, 1.807) is 13.2 Å². The zero-order valence-electron chi connectivity index (χ0n) is 11.5. The summed E-state index contributed by atoms with van der Waals surface area (Å²) < 4.78 is 18.6. The van der Waals surface area contributed by atoms with Crippen molar-refractivity contribution in [2.75, 3.05) is 7.11 Å². The number of hydrogen-bond acceptors (Lipinski definition) is 2. The van der Waals surface area contributed by atoms with Crippen LogP contribution in [0.2, 0.25) is 5.02 Å². The van der Waals surface area contributed by atoms with Gasteiger partial charge in [-0.3, -0.25) is 0 Å². The topological polar surface area (TPSA) is 21.3 Å². The van der Waals surface area contributed by atoms with Gasteiger partial charge in [-0.05, 0) is 42.3 Å². The van der Waals surface area contributed by atoms with Gasteiger partial charge in [-0.1, -0.05) is 29.8 Å². The van der Waals surface area contributed by atoms with E-state index in [1.807, 2.05) is 30.3 Å². The Hall–Kier alpha value is -1.58. The van der Waals surface area contributed by atoms with Crippen molar-refractivity contribution >= 4 is 11.6 Å². The first-order valence-corrected chi connectivity index (χ1v) is 6.79. The predicted molar refractivity (Wildman–Crippen MR) is 79.7 cm³/mol. The van der Waals surface area contributed by atoms with Crippen LogP contribution in [0.4, 0.5) is 4.39 Å². The monoisotopic (exact) mass is 293 g/mol. The molecule has 0 aliphatic heterocycles. The van der Waals surface area contributed by atoms with Crippen molar-refractivity contribution in [2.24, 2.45) is 0 Å². The molecule has 0 bridgehead atoms. The fraction of sp³-hybridized carbons (Fsp3) is 0.250. The van der Waals surface area contributed by atoms with Gasteiger partial charge >= 0.3 is 0 Å². The molecule has 0 saturated carbocycles. The average molecular weight is 294 g/mol. The highest BCUT2D eigenvalue weighted by molar-refractivity contribution is 6.30. The smallest absolute Gasteiger partial charge is 0.142 e. The molecule has 2 aromatic rings. The van der Waals surface area contributed by atoms with Gasteiger partial charge in [0.15, 0.2) is 0 Å². The van der Waals surface area contributed by atoms with Crippen LogP contribution in [0, 0.1) is 5.82 Å². The second-order valence-corrected chi connectivity index (χ2v) is 5.03. The molecule has 2 aromatic carbocycles. The van der Waals surface area contributed by atoms with E-state index >= 15 is 0 Å². The third-order valence-corrected chi connectivity index (χ3v) is 3.50. The maximum Gasteiger partial charge on any atom is 0.142 e. The highest BCUT2D eigenvalue weighted by Gasteiger charge is 2.07. The molecule has 0 aromatic heterocycles. The normalized spacial score (nSPS) is 12.2. The molecule has 2 rings (SSSR count). The molecule has 0 radical (unpaired) electrons. The predicted octanol–water partition coefficient (Wildman–Crippen LogP) is 4.34. The lowest BCUT2D eigenvalue weighted by Gasteiger charge is -2.15. The molecule has 0 aliphatic rings. The molecule has 20 heavy (non-hydrogen) atoms. The standard InChI is InChI=1S/C16H17ClFNO/c1-11(13-4-3-5-14(9-13)20-2)19-10-12-6-7-15(17)16(18)8-12/h3-9,11,19H,10H2,1-2H3/t11-/m0/s1. The van der Waals surface area contributed by atoms with E-state index < -0.39 is 0 Å². The van der Waals surface area contributed by atoms with Crippen LogP contribution in [0.3, 0.4) is 0 Å². The molecule has 0 heterocycles. The molecule has 0 unspecified atom stereocenters. The summed E-state index contributed by atoms with van der Waals surface area (Å²) in [5, 5.41) is 3.50. The molecule has 0 spiro atoms. The van der Waals surface area contributed by atoms with Gasteiger partial charge in [0, 0.05) is 12.6 Å². The van der Waals surface area contributed by atoms with E-state index in [4.69, 9.17) is 16.3 Å². The number of methoxy groups -OCH3 is 1. The number of ether oxygens (including phenoxy) is 1. The van der Waals surface area contributed by atoms with Gasteiger partial charge in [-0.25, -0.2) is 4.39 Å². The number of nitrogens with one attached hydrogen (secondary N) is 1. The first-order valence-electron chi connectivity index (χ1n) is 6.41. The van der Waals surface area contributed by atoms with E-state index in [-0.39, 0.29) is 16.9 Å². The Morgan fingerprint density at radius 3 is 2.75 bits per heavy atom. The Bertz CT molecular complexity index is 588. The van der Waals surface area contributed by atoms with Crippen molar-refractivity contribution < 1.29 is 9.13 Å². The zero-order valence-corrected chi connectivity index (χ0v) is 12.2. The van der Waals surface area contributed by atoms with Crippen molar-refractivity contribution in [3.8, 4) is 5.75 Å². The quantitative estimate of drug-likeness (QED) is 0.885. The number of hydrogen-bond donors (Lipinski definition) is 1. The van der Waals surface area contributed by atoms with E-state index in [2.05, 4.69) is 12.2 Å². The number of halogens is 2. The summed E-state index contributed by atoms with van der Waals surface area (Å²) in [6, 6.07) is 12.9. The van der Waals surface area contributed by atoms with Crippen LogP contribution < -0.4 is 10.1 Å². The summed E-state index contributed by atoms with van der Waals surface area (Å²) in [4.78, 5) is 0. The Morgan fingerprint density at radius 2 is 2.05 bits per heavy atom. The SMILES string of the molecule is COc1cccc([C@H](C)NCc2ccc(Cl)c(F)c2)c1. The van der Waals surface area contributed by atoms with Gasteiger partial charge in [-0.15, -0.1) is 0 Å². The Balaban J connectivity index is 2.00. The summed E-state index contributed by atoms with van der Waals surface area (Å²) in [5.74, 6) is 0.439. The Morgan fingerprint density at radius 1 is 1.25 bits per heavy atom. The molecule has 1 atom stereocenters. The Kier molecular flexibility index (Phi) is 4.99. The highest BCUT2D eigenvalue weighted by Crippen LogP contribution is 2.20. The lowest BCUT2D eigenvalue weighted by Crippen LogP contribution is -2.18. The van der Waals surface area contributed by atoms with Crippen molar-refractivity contribution in [1.29, 1.82) is 0 Å². The molecule has 0 aliphatic carbocycles. The number of rotatable bonds is 5. The third kappa shape index (κ3) is 3.71. The Labute approximate surface area is 123 Å². The van der Waals surface area contributed by atoms with Gasteiger partial charge < -0.3 is 10.1 Å². The summed E-state index contributed by atoms with van der Waals surface area (Å²) in [6.07, 6.45) is 0. The van der Waals surface area contributed by atoms with E-state index in [9.17, 15) is 4.39 Å². The molecule has 2 nitrogen and oxygen atoms in total. The van der Waals surface area contributed by atoms with E-state index in [0.29, 0.717) is 6.54 Å². The minimum Gasteiger partial charge on any atom is -0.497 e. The second kappa shape index (κ2) is 6.73. The first-order chi connectivity index (χ1) is 9.60. The summed E-state index contributed by atoms with van der Waals surface area (Å²) >= 11 is 5.66. The van der Waals surface area contributed by atoms with Crippen LogP contribution in [-0.4, -0.2) is 7.11 Å². The molecular weight excluding hydrogens is 277 g/mol. The zero-order chi connectivity index (χ0) is 14.5. The average Bonchev–Trinajstić information content (AvgIpc) is 2.48. The first kappa shape index (κ1) is 14.8. The van der Waals surface area contributed by atoms with Crippen molar-refractivity contribution in [3.05, 3.63) is 64.4 Å². The molecular formula is C16H17ClFNO. The van der Waals surface area contributed by atoms with E-state index in [1.165, 1.54) is 6.07 Å². The van der Waals surface area contributed by atoms with Crippen molar-refractivity contribution in [1.82, 2.24) is 5.32 Å². The maximum atomic E-state index is 13.3. The molecule has 0 saturated heterocycles. The summed E-state index contributed by atoms with van der Waals surface area (Å²) in [5.41, 5.74) is 1.99. The van der Waals surface area contributed by atoms with Crippen LogP contribution in [0.5, 0.6) is 5.75 Å². The molecule has 0 fully saturated rings. The van der Waals surface area contributed by atoms with Gasteiger partial charge in [0.25, 0.3) is 0 Å². The lowest BCUT2D eigenvalue weighted by atomic mass is 10.1. The molecule has 106 valence electrons. The highest BCUT2D eigenvalue weighted by atomic mass is 35.5. The molecule has 4 heteroatoms. The largest absolute Gasteiger partial charge is 0.497 e. The van der Waals surface area contributed by atoms with Crippen molar-refractivity contribution in [2.45, 2.75) is 19.5 Å². The number of benzene rings is 2. The fourth-order valence-corrected chi connectivity index (χ4v) is 2.07. The van der Waals surface area contributed by atoms with Gasteiger partial charge in [-0.2, -0.15) is 0 Å². The second-order valence-electron chi connectivity index (χ2n) is 4.63. The van der Waals surface area contributed by atoms with Crippen LogP contribution in [0.15, 0.2) is 42.5 Å². The van der Waals surface area contributed by atoms with Crippen LogP contribution >= 0.6 is 11.6 Å². The molecule has 0 amide bonds. The lowest BCUT2D eigenvalue weighted by molar-refractivity contribution is 0.413. The molecule has 1 N–H and O–H groups in total. The third-order valence-electron chi connectivity index (χ3n) is 3.19.